The number of rotatable bonds is 6. The van der Waals surface area contributed by atoms with Crippen molar-refractivity contribution >= 4 is 39.0 Å². The van der Waals surface area contributed by atoms with Gasteiger partial charge in [0.2, 0.25) is 0 Å². The maximum atomic E-state index is 12.7. The molecule has 0 heterocycles. The molecule has 0 spiro atoms. The summed E-state index contributed by atoms with van der Waals surface area (Å²) in [6.45, 7) is 1.67. The minimum atomic E-state index is -3.67. The Kier molecular flexibility index (Phi) is 6.76. The van der Waals surface area contributed by atoms with Gasteiger partial charge >= 0.3 is 11.9 Å². The van der Waals surface area contributed by atoms with Crippen LogP contribution in [0.3, 0.4) is 0 Å². The number of aryl methyl sites for hydroxylation is 1. The average molecular weight is 468 g/mol. The van der Waals surface area contributed by atoms with Crippen molar-refractivity contribution in [2.24, 2.45) is 5.92 Å². The molecule has 10 heteroatoms. The van der Waals surface area contributed by atoms with Crippen LogP contribution < -0.4 is 10.1 Å². The molecule has 0 aromatic heterocycles. The third kappa shape index (κ3) is 5.29. The number of esters is 1. The second-order valence-electron chi connectivity index (χ2n) is 7.36. The molecule has 1 saturated carbocycles. The number of anilines is 1. The summed E-state index contributed by atoms with van der Waals surface area (Å²) in [7, 11) is -2.58. The number of nitrogens with one attached hydrogen (secondary N) is 1. The molecule has 1 aliphatic carbocycles. The molecule has 3 rings (SSSR count). The Morgan fingerprint density at radius 3 is 2.52 bits per heavy atom. The van der Waals surface area contributed by atoms with Crippen LogP contribution >= 0.6 is 11.6 Å². The Hall–Kier alpha value is -2.78. The predicted molar refractivity (Wildman–Crippen MR) is 114 cm³/mol. The average Bonchev–Trinajstić information content (AvgIpc) is 2.68. The van der Waals surface area contributed by atoms with Gasteiger partial charge in [-0.15, -0.1) is 0 Å². The third-order valence-corrected chi connectivity index (χ3v) is 7.21. The normalized spacial score (nSPS) is 13.9. The van der Waals surface area contributed by atoms with E-state index in [1.54, 1.807) is 6.92 Å². The van der Waals surface area contributed by atoms with E-state index in [9.17, 15) is 23.1 Å². The molecular formula is C21H22ClNO7S. The van der Waals surface area contributed by atoms with Crippen molar-refractivity contribution in [3.8, 4) is 17.2 Å². The lowest BCUT2D eigenvalue weighted by atomic mass is 9.87. The second kappa shape index (κ2) is 9.15. The zero-order valence-corrected chi connectivity index (χ0v) is 18.5. The zero-order chi connectivity index (χ0) is 22.8. The van der Waals surface area contributed by atoms with E-state index in [4.69, 9.17) is 16.3 Å². The fourth-order valence-electron chi connectivity index (χ4n) is 3.19. The van der Waals surface area contributed by atoms with E-state index in [0.29, 0.717) is 5.56 Å². The zero-order valence-electron chi connectivity index (χ0n) is 17.0. The summed E-state index contributed by atoms with van der Waals surface area (Å²) in [5.74, 6) is -1.82. The van der Waals surface area contributed by atoms with Crippen LogP contribution in [0, 0.1) is 12.8 Å². The smallest absolute Gasteiger partial charge is 0.396 e. The highest BCUT2D eigenvalue weighted by Gasteiger charge is 2.28. The van der Waals surface area contributed by atoms with Gasteiger partial charge in [-0.3, -0.25) is 4.79 Å². The number of carbonyl (C=O) groups excluding carboxylic acids is 2. The Bertz CT molecular complexity index is 1100. The van der Waals surface area contributed by atoms with E-state index >= 15 is 0 Å². The first-order valence-electron chi connectivity index (χ1n) is 9.54. The number of aromatic hydroxyl groups is 1. The molecule has 1 fully saturated rings. The molecular weight excluding hydrogens is 446 g/mol. The van der Waals surface area contributed by atoms with Gasteiger partial charge in [-0.25, -0.2) is 13.2 Å². The van der Waals surface area contributed by atoms with Crippen LogP contribution in [0.2, 0.25) is 5.02 Å². The standard InChI is InChI=1S/C21H22ClNO7S/c1-12-8-14(23-20(25)21(26)29-2)9-16(22)19(12)30-15-6-7-17(24)18(10-15)31(27,28)11-13-4-3-5-13/h6-10,13,24H,3-5,11H2,1-2H3,(H,23,25). The van der Waals surface area contributed by atoms with Crippen molar-refractivity contribution in [3.05, 3.63) is 40.9 Å². The number of methoxy groups -OCH3 is 1. The minimum absolute atomic E-state index is 0.0155. The van der Waals surface area contributed by atoms with Gasteiger partial charge in [0.15, 0.2) is 9.84 Å². The van der Waals surface area contributed by atoms with Gasteiger partial charge in [-0.2, -0.15) is 0 Å². The van der Waals surface area contributed by atoms with Gasteiger partial charge in [0, 0.05) is 11.8 Å². The molecule has 0 unspecified atom stereocenters. The Morgan fingerprint density at radius 1 is 1.23 bits per heavy atom. The van der Waals surface area contributed by atoms with Crippen molar-refractivity contribution in [3.63, 3.8) is 0 Å². The number of phenolic OH excluding ortho intramolecular Hbond substituents is 1. The number of hydrogen-bond acceptors (Lipinski definition) is 7. The molecule has 166 valence electrons. The Balaban J connectivity index is 1.84. The number of carbonyl (C=O) groups is 2. The molecule has 2 aromatic rings. The largest absolute Gasteiger partial charge is 0.507 e. The van der Waals surface area contributed by atoms with E-state index in [0.717, 1.165) is 26.4 Å². The highest BCUT2D eigenvalue weighted by atomic mass is 35.5. The van der Waals surface area contributed by atoms with Crippen LogP contribution in [-0.2, 0) is 24.2 Å². The van der Waals surface area contributed by atoms with Gasteiger partial charge < -0.3 is 19.9 Å². The van der Waals surface area contributed by atoms with Crippen LogP contribution in [0.15, 0.2) is 35.2 Å². The molecule has 0 atom stereocenters. The topological polar surface area (TPSA) is 119 Å². The van der Waals surface area contributed by atoms with E-state index < -0.39 is 21.7 Å². The summed E-state index contributed by atoms with van der Waals surface area (Å²) < 4.78 is 35.5. The number of phenols is 1. The van der Waals surface area contributed by atoms with Gasteiger partial charge in [-0.05, 0) is 55.5 Å². The first kappa shape index (κ1) is 22.9. The fraction of sp³-hybridized carbons (Fsp3) is 0.333. The van der Waals surface area contributed by atoms with Crippen LogP contribution in [0.4, 0.5) is 5.69 Å². The van der Waals surface area contributed by atoms with Gasteiger partial charge in [0.05, 0.1) is 17.9 Å². The van der Waals surface area contributed by atoms with E-state index in [1.807, 2.05) is 0 Å². The summed E-state index contributed by atoms with van der Waals surface area (Å²) in [5.41, 5.74) is 0.791. The van der Waals surface area contributed by atoms with Gasteiger partial charge in [-0.1, -0.05) is 18.0 Å². The van der Waals surface area contributed by atoms with Crippen molar-refractivity contribution in [1.82, 2.24) is 0 Å². The minimum Gasteiger partial charge on any atom is -0.507 e. The first-order valence-corrected chi connectivity index (χ1v) is 11.6. The van der Waals surface area contributed by atoms with Gasteiger partial charge in [0.1, 0.15) is 22.1 Å². The maximum Gasteiger partial charge on any atom is 0.396 e. The van der Waals surface area contributed by atoms with Crippen molar-refractivity contribution < 1.29 is 32.6 Å². The van der Waals surface area contributed by atoms with Crippen LogP contribution in [-0.4, -0.2) is 38.3 Å². The predicted octanol–water partition coefficient (Wildman–Crippen LogP) is 3.83. The second-order valence-corrected chi connectivity index (χ2v) is 9.77. The highest BCUT2D eigenvalue weighted by molar-refractivity contribution is 7.91. The maximum absolute atomic E-state index is 12.7. The Labute approximate surface area is 185 Å². The molecule has 0 radical (unpaired) electrons. The molecule has 0 aliphatic heterocycles. The van der Waals surface area contributed by atoms with Crippen LogP contribution in [0.1, 0.15) is 24.8 Å². The number of ether oxygens (including phenoxy) is 2. The number of benzene rings is 2. The number of sulfone groups is 1. The summed E-state index contributed by atoms with van der Waals surface area (Å²) in [6.07, 6.45) is 2.75. The Morgan fingerprint density at radius 2 is 1.94 bits per heavy atom. The molecule has 1 amide bonds. The first-order chi connectivity index (χ1) is 14.6. The summed E-state index contributed by atoms with van der Waals surface area (Å²) in [6, 6.07) is 6.89. The third-order valence-electron chi connectivity index (χ3n) is 5.02. The molecule has 2 aromatic carbocycles. The summed E-state index contributed by atoms with van der Waals surface area (Å²) in [5, 5.41) is 12.6. The monoisotopic (exact) mass is 467 g/mol. The van der Waals surface area contributed by atoms with Gasteiger partial charge in [0.25, 0.3) is 0 Å². The number of hydrogen-bond donors (Lipinski definition) is 2. The lowest BCUT2D eigenvalue weighted by molar-refractivity contribution is -0.150. The van der Waals surface area contributed by atoms with Crippen LogP contribution in [0.5, 0.6) is 17.2 Å². The molecule has 0 saturated heterocycles. The van der Waals surface area contributed by atoms with Crippen LogP contribution in [0.25, 0.3) is 0 Å². The number of amides is 1. The lowest BCUT2D eigenvalue weighted by Crippen LogP contribution is -2.23. The molecule has 0 bridgehead atoms. The summed E-state index contributed by atoms with van der Waals surface area (Å²) >= 11 is 6.28. The quantitative estimate of drug-likeness (QED) is 0.489. The number of halogens is 1. The highest BCUT2D eigenvalue weighted by Crippen LogP contribution is 2.38. The molecule has 2 N–H and O–H groups in total. The van der Waals surface area contributed by atoms with E-state index in [-0.39, 0.29) is 44.5 Å². The molecule has 8 nitrogen and oxygen atoms in total. The lowest BCUT2D eigenvalue weighted by Gasteiger charge is -2.25. The fourth-order valence-corrected chi connectivity index (χ4v) is 5.31. The molecule has 31 heavy (non-hydrogen) atoms. The SMILES string of the molecule is COC(=O)C(=O)Nc1cc(C)c(Oc2ccc(O)c(S(=O)(=O)CC3CCC3)c2)c(Cl)c1. The van der Waals surface area contributed by atoms with Crippen molar-refractivity contribution in [1.29, 1.82) is 0 Å². The summed E-state index contributed by atoms with van der Waals surface area (Å²) in [4.78, 5) is 22.7. The van der Waals surface area contributed by atoms with E-state index in [2.05, 4.69) is 10.1 Å². The van der Waals surface area contributed by atoms with Crippen molar-refractivity contribution in [2.45, 2.75) is 31.1 Å². The van der Waals surface area contributed by atoms with Crippen molar-refractivity contribution in [2.75, 3.05) is 18.2 Å². The molecule has 1 aliphatic rings. The van der Waals surface area contributed by atoms with E-state index in [1.165, 1.54) is 30.3 Å².